The Balaban J connectivity index is 2.75. The first-order valence-corrected chi connectivity index (χ1v) is 4.92. The molecule has 4 heteroatoms. The van der Waals surface area contributed by atoms with Crippen molar-refractivity contribution in [3.8, 4) is 5.75 Å². The molecule has 1 heterocycles. The van der Waals surface area contributed by atoms with E-state index in [1.54, 1.807) is 12.4 Å². The van der Waals surface area contributed by atoms with Crippen molar-refractivity contribution in [2.24, 2.45) is 5.92 Å². The second kappa shape index (κ2) is 4.46. The molecule has 0 spiro atoms. The molecular formula is C9H13BrN2O. The number of anilines is 1. The number of ether oxygens (including phenoxy) is 1. The van der Waals surface area contributed by atoms with Gasteiger partial charge < -0.3 is 10.5 Å². The molecule has 0 atom stereocenters. The second-order valence-electron chi connectivity index (χ2n) is 3.24. The summed E-state index contributed by atoms with van der Waals surface area (Å²) in [5.41, 5.74) is 6.25. The van der Waals surface area contributed by atoms with Crippen LogP contribution in [0, 0.1) is 5.92 Å². The number of hydrogen-bond acceptors (Lipinski definition) is 3. The van der Waals surface area contributed by atoms with Crippen molar-refractivity contribution in [1.29, 1.82) is 0 Å². The van der Waals surface area contributed by atoms with E-state index in [4.69, 9.17) is 10.5 Å². The van der Waals surface area contributed by atoms with Crippen LogP contribution in [-0.2, 0) is 0 Å². The van der Waals surface area contributed by atoms with Gasteiger partial charge in [0.2, 0.25) is 0 Å². The molecule has 3 nitrogen and oxygen atoms in total. The van der Waals surface area contributed by atoms with E-state index in [2.05, 4.69) is 34.8 Å². The maximum Gasteiger partial charge on any atom is 0.159 e. The van der Waals surface area contributed by atoms with Gasteiger partial charge in [0, 0.05) is 6.20 Å². The van der Waals surface area contributed by atoms with Crippen molar-refractivity contribution < 1.29 is 4.74 Å². The van der Waals surface area contributed by atoms with E-state index in [-0.39, 0.29) is 0 Å². The van der Waals surface area contributed by atoms with Gasteiger partial charge in [0.05, 0.1) is 23.0 Å². The SMILES string of the molecule is CC(C)COc1c(N)cncc1Br. The summed E-state index contributed by atoms with van der Waals surface area (Å²) in [5, 5.41) is 0. The number of aromatic nitrogens is 1. The molecule has 13 heavy (non-hydrogen) atoms. The summed E-state index contributed by atoms with van der Waals surface area (Å²) in [7, 11) is 0. The topological polar surface area (TPSA) is 48.1 Å². The third-order valence-electron chi connectivity index (χ3n) is 1.44. The van der Waals surface area contributed by atoms with Gasteiger partial charge in [0.1, 0.15) is 0 Å². The van der Waals surface area contributed by atoms with Gasteiger partial charge >= 0.3 is 0 Å². The Morgan fingerprint density at radius 3 is 2.77 bits per heavy atom. The number of halogens is 1. The molecular weight excluding hydrogens is 232 g/mol. The fourth-order valence-electron chi connectivity index (χ4n) is 0.840. The zero-order valence-electron chi connectivity index (χ0n) is 7.75. The van der Waals surface area contributed by atoms with Crippen LogP contribution in [0.4, 0.5) is 5.69 Å². The Bertz CT molecular complexity index is 269. The lowest BCUT2D eigenvalue weighted by atomic mass is 10.2. The Labute approximate surface area is 86.4 Å². The van der Waals surface area contributed by atoms with Crippen LogP contribution in [-0.4, -0.2) is 11.6 Å². The summed E-state index contributed by atoms with van der Waals surface area (Å²) >= 11 is 3.33. The Hall–Kier alpha value is -0.770. The summed E-state index contributed by atoms with van der Waals surface area (Å²) in [4.78, 5) is 3.92. The minimum Gasteiger partial charge on any atom is -0.490 e. The van der Waals surface area contributed by atoms with Gasteiger partial charge in [-0.15, -0.1) is 0 Å². The fourth-order valence-corrected chi connectivity index (χ4v) is 1.30. The van der Waals surface area contributed by atoms with E-state index in [1.807, 2.05) is 0 Å². The highest BCUT2D eigenvalue weighted by Gasteiger charge is 2.06. The third kappa shape index (κ3) is 2.88. The van der Waals surface area contributed by atoms with E-state index in [1.165, 1.54) is 0 Å². The van der Waals surface area contributed by atoms with E-state index < -0.39 is 0 Å². The van der Waals surface area contributed by atoms with Gasteiger partial charge in [0.25, 0.3) is 0 Å². The first-order valence-electron chi connectivity index (χ1n) is 4.13. The minimum atomic E-state index is 0.486. The zero-order valence-corrected chi connectivity index (χ0v) is 9.34. The van der Waals surface area contributed by atoms with E-state index >= 15 is 0 Å². The molecule has 0 unspecified atom stereocenters. The van der Waals surface area contributed by atoms with Gasteiger partial charge in [-0.2, -0.15) is 0 Å². The van der Waals surface area contributed by atoms with Gasteiger partial charge in [-0.1, -0.05) is 13.8 Å². The Morgan fingerprint density at radius 2 is 2.23 bits per heavy atom. The lowest BCUT2D eigenvalue weighted by molar-refractivity contribution is 0.270. The van der Waals surface area contributed by atoms with Crippen LogP contribution in [0.1, 0.15) is 13.8 Å². The number of pyridine rings is 1. The van der Waals surface area contributed by atoms with E-state index in [0.29, 0.717) is 24.0 Å². The molecule has 2 N–H and O–H groups in total. The number of nitrogen functional groups attached to an aromatic ring is 1. The molecule has 0 aliphatic heterocycles. The first kappa shape index (κ1) is 10.3. The average molecular weight is 245 g/mol. The van der Waals surface area contributed by atoms with E-state index in [0.717, 1.165) is 4.47 Å². The van der Waals surface area contributed by atoms with Gasteiger partial charge in [-0.05, 0) is 21.8 Å². The standard InChI is InChI=1S/C9H13BrN2O/c1-6(2)5-13-9-7(10)3-12-4-8(9)11/h3-4,6H,5,11H2,1-2H3. The van der Waals surface area contributed by atoms with Crippen LogP contribution in [0.3, 0.4) is 0 Å². The summed E-state index contributed by atoms with van der Waals surface area (Å²) in [6.07, 6.45) is 3.26. The molecule has 0 amide bonds. The van der Waals surface area contributed by atoms with E-state index in [9.17, 15) is 0 Å². The zero-order chi connectivity index (χ0) is 9.84. The maximum absolute atomic E-state index is 5.69. The summed E-state index contributed by atoms with van der Waals surface area (Å²) < 4.78 is 6.32. The second-order valence-corrected chi connectivity index (χ2v) is 4.10. The molecule has 0 bridgehead atoms. The van der Waals surface area contributed by atoms with Gasteiger partial charge in [0.15, 0.2) is 5.75 Å². The molecule has 0 saturated heterocycles. The van der Waals surface area contributed by atoms with Crippen LogP contribution >= 0.6 is 15.9 Å². The molecule has 0 saturated carbocycles. The quantitative estimate of drug-likeness (QED) is 0.889. The molecule has 0 radical (unpaired) electrons. The van der Waals surface area contributed by atoms with Crippen LogP contribution in [0.15, 0.2) is 16.9 Å². The highest BCUT2D eigenvalue weighted by Crippen LogP contribution is 2.29. The average Bonchev–Trinajstić information content (AvgIpc) is 2.03. The summed E-state index contributed by atoms with van der Waals surface area (Å²) in [6.45, 7) is 4.84. The van der Waals surface area contributed by atoms with Crippen molar-refractivity contribution in [2.45, 2.75) is 13.8 Å². The smallest absolute Gasteiger partial charge is 0.159 e. The summed E-state index contributed by atoms with van der Waals surface area (Å²) in [6, 6.07) is 0. The minimum absolute atomic E-state index is 0.486. The highest BCUT2D eigenvalue weighted by molar-refractivity contribution is 9.10. The van der Waals surface area contributed by atoms with Crippen LogP contribution in [0.2, 0.25) is 0 Å². The molecule has 1 aromatic heterocycles. The van der Waals surface area contributed by atoms with Crippen LogP contribution in [0.25, 0.3) is 0 Å². The Morgan fingerprint density at radius 1 is 1.54 bits per heavy atom. The van der Waals surface area contributed by atoms with Crippen LogP contribution < -0.4 is 10.5 Å². The third-order valence-corrected chi connectivity index (χ3v) is 2.01. The van der Waals surface area contributed by atoms with Crippen molar-refractivity contribution in [3.05, 3.63) is 16.9 Å². The monoisotopic (exact) mass is 244 g/mol. The Kier molecular flexibility index (Phi) is 3.54. The maximum atomic E-state index is 5.69. The van der Waals surface area contributed by atoms with Gasteiger partial charge in [-0.3, -0.25) is 4.98 Å². The lowest BCUT2D eigenvalue weighted by Gasteiger charge is -2.11. The highest BCUT2D eigenvalue weighted by atomic mass is 79.9. The number of rotatable bonds is 3. The lowest BCUT2D eigenvalue weighted by Crippen LogP contribution is -2.06. The number of hydrogen-bond donors (Lipinski definition) is 1. The van der Waals surface area contributed by atoms with Crippen molar-refractivity contribution in [3.63, 3.8) is 0 Å². The fraction of sp³-hybridized carbons (Fsp3) is 0.444. The molecule has 72 valence electrons. The molecule has 1 rings (SSSR count). The first-order chi connectivity index (χ1) is 6.11. The molecule has 0 aromatic carbocycles. The van der Waals surface area contributed by atoms with Crippen molar-refractivity contribution >= 4 is 21.6 Å². The summed E-state index contributed by atoms with van der Waals surface area (Å²) in [5.74, 6) is 1.17. The molecule has 1 aromatic rings. The molecule has 0 aliphatic carbocycles. The van der Waals surface area contributed by atoms with Crippen LogP contribution in [0.5, 0.6) is 5.75 Å². The largest absolute Gasteiger partial charge is 0.490 e. The van der Waals surface area contributed by atoms with Crippen molar-refractivity contribution in [1.82, 2.24) is 4.98 Å². The molecule has 0 fully saturated rings. The molecule has 0 aliphatic rings. The predicted molar refractivity (Wildman–Crippen MR) is 56.7 cm³/mol. The predicted octanol–water partition coefficient (Wildman–Crippen LogP) is 2.46. The number of nitrogens with zero attached hydrogens (tertiary/aromatic N) is 1. The normalized spacial score (nSPS) is 10.5. The number of nitrogens with two attached hydrogens (primary N) is 1. The van der Waals surface area contributed by atoms with Crippen molar-refractivity contribution in [2.75, 3.05) is 12.3 Å². The van der Waals surface area contributed by atoms with Gasteiger partial charge in [-0.25, -0.2) is 0 Å².